The van der Waals surface area contributed by atoms with Gasteiger partial charge in [0.15, 0.2) is 10.4 Å². The molecule has 3 aromatic heterocycles. The zero-order chi connectivity index (χ0) is 16.2. The minimum Gasteiger partial charge on any atom is -0.380 e. The van der Waals surface area contributed by atoms with Crippen molar-refractivity contribution < 1.29 is 4.74 Å². The van der Waals surface area contributed by atoms with E-state index in [0.29, 0.717) is 41.5 Å². The lowest BCUT2D eigenvalue weighted by Gasteiger charge is -2.09. The highest BCUT2D eigenvalue weighted by atomic mass is 79.9. The van der Waals surface area contributed by atoms with Gasteiger partial charge in [0.25, 0.3) is 0 Å². The van der Waals surface area contributed by atoms with Crippen molar-refractivity contribution in [2.45, 2.75) is 13.5 Å². The second-order valence-corrected chi connectivity index (χ2v) is 5.56. The van der Waals surface area contributed by atoms with Gasteiger partial charge in [-0.3, -0.25) is 4.68 Å². The minimum absolute atomic E-state index is 0.124. The molecule has 0 amide bonds. The van der Waals surface area contributed by atoms with Gasteiger partial charge in [-0.2, -0.15) is 10.1 Å². The molecule has 0 aromatic carbocycles. The van der Waals surface area contributed by atoms with Gasteiger partial charge in [-0.1, -0.05) is 0 Å². The third-order valence-electron chi connectivity index (χ3n) is 3.00. The van der Waals surface area contributed by atoms with Crippen molar-refractivity contribution in [2.75, 3.05) is 18.5 Å². The van der Waals surface area contributed by atoms with Gasteiger partial charge in [0, 0.05) is 12.8 Å². The lowest BCUT2D eigenvalue weighted by Crippen LogP contribution is -2.09. The van der Waals surface area contributed by atoms with Crippen molar-refractivity contribution in [1.82, 2.24) is 29.7 Å². The van der Waals surface area contributed by atoms with Crippen LogP contribution in [0.2, 0.25) is 5.28 Å². The van der Waals surface area contributed by atoms with Crippen LogP contribution in [0, 0.1) is 0 Å². The lowest BCUT2D eigenvalue weighted by molar-refractivity contribution is 0.137. The van der Waals surface area contributed by atoms with Crippen LogP contribution in [0.1, 0.15) is 6.92 Å². The van der Waals surface area contributed by atoms with E-state index in [9.17, 15) is 0 Å². The molecule has 23 heavy (non-hydrogen) atoms. The summed E-state index contributed by atoms with van der Waals surface area (Å²) in [5, 5.41) is 7.67. The van der Waals surface area contributed by atoms with E-state index in [1.807, 2.05) is 6.92 Å². The second kappa shape index (κ2) is 7.16. The summed E-state index contributed by atoms with van der Waals surface area (Å²) in [5.74, 6) is 1.12. The maximum atomic E-state index is 6.02. The maximum absolute atomic E-state index is 6.02. The topological polar surface area (TPSA) is 90.6 Å². The van der Waals surface area contributed by atoms with E-state index >= 15 is 0 Å². The number of hydrogen-bond donors (Lipinski definition) is 1. The molecule has 3 heterocycles. The highest BCUT2D eigenvalue weighted by Gasteiger charge is 2.17. The second-order valence-electron chi connectivity index (χ2n) is 4.47. The number of ether oxygens (including phenoxy) is 1. The zero-order valence-electron chi connectivity index (χ0n) is 12.2. The molecule has 0 unspecified atom stereocenters. The summed E-state index contributed by atoms with van der Waals surface area (Å²) in [6, 6.07) is 1.73. The summed E-state index contributed by atoms with van der Waals surface area (Å²) in [4.78, 5) is 16.5. The van der Waals surface area contributed by atoms with Gasteiger partial charge >= 0.3 is 0 Å². The van der Waals surface area contributed by atoms with E-state index in [1.165, 1.54) is 6.33 Å². The number of halogens is 2. The van der Waals surface area contributed by atoms with E-state index in [1.54, 1.807) is 16.9 Å². The van der Waals surface area contributed by atoms with Crippen LogP contribution in [0.5, 0.6) is 0 Å². The molecule has 0 fully saturated rings. The first kappa shape index (κ1) is 16.0. The van der Waals surface area contributed by atoms with Crippen LogP contribution in [0.15, 0.2) is 23.2 Å². The number of anilines is 2. The Hall–Kier alpha value is -1.84. The van der Waals surface area contributed by atoms with Crippen LogP contribution in [-0.2, 0) is 11.3 Å². The number of nitrogens with one attached hydrogen (secondary N) is 1. The predicted molar refractivity (Wildman–Crippen MR) is 89.8 cm³/mol. The van der Waals surface area contributed by atoms with E-state index in [2.05, 4.69) is 46.3 Å². The SMILES string of the molecule is CCOCCn1nc(Br)c2nc(Cl)nc(Nc3ccncn3)c21. The summed E-state index contributed by atoms with van der Waals surface area (Å²) in [6.45, 7) is 3.70. The summed E-state index contributed by atoms with van der Waals surface area (Å²) >= 11 is 9.43. The molecule has 0 bridgehead atoms. The van der Waals surface area contributed by atoms with Crippen molar-refractivity contribution in [2.24, 2.45) is 0 Å². The molecule has 3 aromatic rings. The van der Waals surface area contributed by atoms with Crippen molar-refractivity contribution in [1.29, 1.82) is 0 Å². The van der Waals surface area contributed by atoms with E-state index in [-0.39, 0.29) is 5.28 Å². The highest BCUT2D eigenvalue weighted by Crippen LogP contribution is 2.29. The molecule has 8 nitrogen and oxygen atoms in total. The lowest BCUT2D eigenvalue weighted by atomic mass is 10.4. The van der Waals surface area contributed by atoms with E-state index < -0.39 is 0 Å². The Morgan fingerprint density at radius 2 is 2.26 bits per heavy atom. The molecule has 0 saturated heterocycles. The third kappa shape index (κ3) is 3.57. The molecule has 0 aliphatic carbocycles. The van der Waals surface area contributed by atoms with Crippen LogP contribution in [0.4, 0.5) is 11.6 Å². The van der Waals surface area contributed by atoms with Gasteiger partial charge in [0.05, 0.1) is 13.2 Å². The van der Waals surface area contributed by atoms with Gasteiger partial charge in [0.1, 0.15) is 23.2 Å². The first-order valence-electron chi connectivity index (χ1n) is 6.89. The fourth-order valence-corrected chi connectivity index (χ4v) is 2.69. The van der Waals surface area contributed by atoms with E-state index in [0.717, 1.165) is 5.52 Å². The van der Waals surface area contributed by atoms with Gasteiger partial charge in [-0.05, 0) is 40.5 Å². The Morgan fingerprint density at radius 1 is 1.39 bits per heavy atom. The molecule has 120 valence electrons. The molecule has 10 heteroatoms. The minimum atomic E-state index is 0.124. The predicted octanol–water partition coefficient (Wildman–Crippen LogP) is 2.81. The Morgan fingerprint density at radius 3 is 3.00 bits per heavy atom. The molecule has 1 N–H and O–H groups in total. The van der Waals surface area contributed by atoms with Gasteiger partial charge in [0.2, 0.25) is 5.28 Å². The normalized spacial score (nSPS) is 11.1. The summed E-state index contributed by atoms with van der Waals surface area (Å²) in [5.41, 5.74) is 1.35. The molecule has 0 aliphatic heterocycles. The molecule has 0 spiro atoms. The number of aromatic nitrogens is 6. The Labute approximate surface area is 145 Å². The molecular weight excluding hydrogens is 386 g/mol. The molecule has 0 aliphatic rings. The van der Waals surface area contributed by atoms with Gasteiger partial charge < -0.3 is 10.1 Å². The quantitative estimate of drug-likeness (QED) is 0.504. The largest absolute Gasteiger partial charge is 0.380 e. The van der Waals surface area contributed by atoms with Crippen molar-refractivity contribution in [3.8, 4) is 0 Å². The summed E-state index contributed by atoms with van der Waals surface area (Å²) < 4.78 is 7.76. The Kier molecular flexibility index (Phi) is 4.99. The zero-order valence-corrected chi connectivity index (χ0v) is 14.5. The molecular formula is C13H13BrClN7O. The monoisotopic (exact) mass is 397 g/mol. The van der Waals surface area contributed by atoms with Crippen LogP contribution < -0.4 is 5.32 Å². The van der Waals surface area contributed by atoms with Gasteiger partial charge in [-0.25, -0.2) is 15.0 Å². The first-order valence-corrected chi connectivity index (χ1v) is 8.06. The average Bonchev–Trinajstić information content (AvgIpc) is 2.85. The fraction of sp³-hybridized carbons (Fsp3) is 0.308. The fourth-order valence-electron chi connectivity index (χ4n) is 2.05. The van der Waals surface area contributed by atoms with Crippen LogP contribution in [0.25, 0.3) is 11.0 Å². The average molecular weight is 399 g/mol. The number of rotatable bonds is 6. The van der Waals surface area contributed by atoms with E-state index in [4.69, 9.17) is 16.3 Å². The standard InChI is InChI=1S/C13H13BrClN7O/c1-2-23-6-5-22-10-9(11(14)21-22)19-13(15)20-12(10)18-8-3-4-16-7-17-8/h3-4,7H,2,5-6H2,1H3,(H,16,17,18,19,20). The van der Waals surface area contributed by atoms with Crippen molar-refractivity contribution >= 4 is 50.2 Å². The summed E-state index contributed by atoms with van der Waals surface area (Å²) in [7, 11) is 0. The first-order chi connectivity index (χ1) is 11.2. The molecule has 0 atom stereocenters. The van der Waals surface area contributed by atoms with Crippen LogP contribution >= 0.6 is 27.5 Å². The highest BCUT2D eigenvalue weighted by molar-refractivity contribution is 9.10. The van der Waals surface area contributed by atoms with Crippen LogP contribution in [0.3, 0.4) is 0 Å². The smallest absolute Gasteiger partial charge is 0.225 e. The number of nitrogens with zero attached hydrogens (tertiary/aromatic N) is 6. The van der Waals surface area contributed by atoms with Gasteiger partial charge in [-0.15, -0.1) is 0 Å². The molecule has 3 rings (SSSR count). The summed E-state index contributed by atoms with van der Waals surface area (Å²) in [6.07, 6.45) is 3.09. The Bertz CT molecular complexity index is 811. The maximum Gasteiger partial charge on any atom is 0.225 e. The molecule has 0 saturated carbocycles. The Balaban J connectivity index is 2.04. The third-order valence-corrected chi connectivity index (χ3v) is 3.70. The van der Waals surface area contributed by atoms with Crippen molar-refractivity contribution in [3.63, 3.8) is 0 Å². The van der Waals surface area contributed by atoms with Crippen molar-refractivity contribution in [3.05, 3.63) is 28.5 Å². The molecule has 0 radical (unpaired) electrons. The number of hydrogen-bond acceptors (Lipinski definition) is 7. The van der Waals surface area contributed by atoms with Crippen LogP contribution in [-0.4, -0.2) is 42.9 Å². The number of fused-ring (bicyclic) bond motifs is 1.